The molecule has 0 aliphatic carbocycles. The Morgan fingerprint density at radius 2 is 1.92 bits per heavy atom. The summed E-state index contributed by atoms with van der Waals surface area (Å²) in [5.74, 6) is 1.40. The largest absolute Gasteiger partial charge is 0.496 e. The van der Waals surface area contributed by atoms with Crippen LogP contribution in [0, 0.1) is 0 Å². The third-order valence-corrected chi connectivity index (χ3v) is 4.98. The number of thioether (sulfide) groups is 1. The fourth-order valence-electron chi connectivity index (χ4n) is 2.46. The number of aromatic nitrogens is 2. The number of amides is 1. The number of carbonyl (C=O) groups is 1. The standard InChI is InChI=1S/C18H23N3O4S/c1-20-14(10-17(23)21(2)18(20)24)11-26-12-16(22)19-9-8-13-6-4-5-7-15(13)25-3/h4-7,10H,8-9,11-12H2,1-3H3,(H,19,22). The van der Waals surface area contributed by atoms with E-state index in [0.717, 1.165) is 15.9 Å². The van der Waals surface area contributed by atoms with Crippen molar-refractivity contribution in [3.05, 3.63) is 62.4 Å². The van der Waals surface area contributed by atoms with Crippen molar-refractivity contribution in [3.8, 4) is 5.75 Å². The summed E-state index contributed by atoms with van der Waals surface area (Å²) in [4.78, 5) is 35.5. The summed E-state index contributed by atoms with van der Waals surface area (Å²) in [5, 5.41) is 2.87. The van der Waals surface area contributed by atoms with Crippen LogP contribution in [-0.2, 0) is 31.1 Å². The molecule has 1 amide bonds. The van der Waals surface area contributed by atoms with Crippen molar-refractivity contribution in [2.24, 2.45) is 14.1 Å². The number of carbonyl (C=O) groups excluding carboxylic acids is 1. The Morgan fingerprint density at radius 3 is 2.65 bits per heavy atom. The predicted octanol–water partition coefficient (Wildman–Crippen LogP) is 0.685. The van der Waals surface area contributed by atoms with Gasteiger partial charge in [0.25, 0.3) is 5.56 Å². The molecule has 0 spiro atoms. The summed E-state index contributed by atoms with van der Waals surface area (Å²) in [5.41, 5.74) is 0.933. The summed E-state index contributed by atoms with van der Waals surface area (Å²) in [6, 6.07) is 9.12. The molecule has 1 aromatic carbocycles. The third-order valence-electron chi connectivity index (χ3n) is 4.02. The van der Waals surface area contributed by atoms with Crippen molar-refractivity contribution >= 4 is 17.7 Å². The average molecular weight is 377 g/mol. The molecule has 0 saturated heterocycles. The molecule has 0 aliphatic rings. The second kappa shape index (κ2) is 9.28. The van der Waals surface area contributed by atoms with Gasteiger partial charge in [-0.25, -0.2) is 4.79 Å². The van der Waals surface area contributed by atoms with E-state index in [-0.39, 0.29) is 22.9 Å². The second-order valence-electron chi connectivity index (χ2n) is 5.78. The monoisotopic (exact) mass is 377 g/mol. The number of methoxy groups -OCH3 is 1. The third kappa shape index (κ3) is 5.01. The lowest BCUT2D eigenvalue weighted by Gasteiger charge is -2.10. The maximum Gasteiger partial charge on any atom is 0.330 e. The molecule has 0 aliphatic heterocycles. The van der Waals surface area contributed by atoms with Crippen molar-refractivity contribution in [1.82, 2.24) is 14.5 Å². The fourth-order valence-corrected chi connectivity index (χ4v) is 3.34. The van der Waals surface area contributed by atoms with Gasteiger partial charge in [0.05, 0.1) is 12.9 Å². The van der Waals surface area contributed by atoms with Crippen LogP contribution < -0.4 is 21.3 Å². The molecular weight excluding hydrogens is 354 g/mol. The first-order valence-corrected chi connectivity index (χ1v) is 9.31. The SMILES string of the molecule is COc1ccccc1CCNC(=O)CSCc1cc(=O)n(C)c(=O)n1C. The van der Waals surface area contributed by atoms with E-state index in [0.29, 0.717) is 24.4 Å². The summed E-state index contributed by atoms with van der Waals surface area (Å²) >= 11 is 1.36. The molecule has 0 radical (unpaired) electrons. The Balaban J connectivity index is 1.79. The Kier molecular flexibility index (Phi) is 7.08. The number of nitrogens with zero attached hydrogens (tertiary/aromatic N) is 2. The van der Waals surface area contributed by atoms with Crippen molar-refractivity contribution in [2.75, 3.05) is 19.4 Å². The van der Waals surface area contributed by atoms with Gasteiger partial charge in [-0.2, -0.15) is 0 Å². The van der Waals surface area contributed by atoms with E-state index in [1.54, 1.807) is 14.2 Å². The quantitative estimate of drug-likeness (QED) is 0.732. The van der Waals surface area contributed by atoms with Gasteiger partial charge in [0.1, 0.15) is 5.75 Å². The minimum absolute atomic E-state index is 0.0845. The van der Waals surface area contributed by atoms with Gasteiger partial charge in [-0.15, -0.1) is 11.8 Å². The van der Waals surface area contributed by atoms with Crippen LogP contribution in [0.2, 0.25) is 0 Å². The van der Waals surface area contributed by atoms with E-state index in [1.807, 2.05) is 24.3 Å². The summed E-state index contributed by atoms with van der Waals surface area (Å²) in [6.45, 7) is 0.518. The number of benzene rings is 1. The molecule has 140 valence electrons. The van der Waals surface area contributed by atoms with Gasteiger partial charge in [-0.3, -0.25) is 18.7 Å². The minimum Gasteiger partial charge on any atom is -0.496 e. The topological polar surface area (TPSA) is 82.3 Å². The van der Waals surface area contributed by atoms with Crippen LogP contribution in [0.25, 0.3) is 0 Å². The maximum atomic E-state index is 12.0. The number of hydrogen-bond acceptors (Lipinski definition) is 5. The normalized spacial score (nSPS) is 10.6. The molecule has 8 heteroatoms. The first-order chi connectivity index (χ1) is 12.4. The highest BCUT2D eigenvalue weighted by atomic mass is 32.2. The van der Waals surface area contributed by atoms with Gasteiger partial charge in [0.15, 0.2) is 0 Å². The van der Waals surface area contributed by atoms with Gasteiger partial charge in [-0.05, 0) is 18.1 Å². The zero-order valence-corrected chi connectivity index (χ0v) is 16.0. The highest BCUT2D eigenvalue weighted by Gasteiger charge is 2.08. The van der Waals surface area contributed by atoms with Crippen molar-refractivity contribution in [3.63, 3.8) is 0 Å². The van der Waals surface area contributed by atoms with Gasteiger partial charge in [-0.1, -0.05) is 18.2 Å². The molecule has 0 fully saturated rings. The molecule has 0 unspecified atom stereocenters. The molecule has 1 N–H and O–H groups in total. The predicted molar refractivity (Wildman–Crippen MR) is 103 cm³/mol. The van der Waals surface area contributed by atoms with Crippen LogP contribution in [-0.4, -0.2) is 34.4 Å². The number of ether oxygens (including phenoxy) is 1. The smallest absolute Gasteiger partial charge is 0.330 e. The number of hydrogen-bond donors (Lipinski definition) is 1. The fraction of sp³-hybridized carbons (Fsp3) is 0.389. The Hall–Kier alpha value is -2.48. The van der Waals surface area contributed by atoms with E-state index in [2.05, 4.69) is 5.32 Å². The van der Waals surface area contributed by atoms with E-state index in [4.69, 9.17) is 4.74 Å². The molecule has 1 aromatic heterocycles. The second-order valence-corrected chi connectivity index (χ2v) is 6.76. The summed E-state index contributed by atoms with van der Waals surface area (Å²) in [7, 11) is 4.68. The number of rotatable bonds is 8. The lowest BCUT2D eigenvalue weighted by atomic mass is 10.1. The van der Waals surface area contributed by atoms with Crippen molar-refractivity contribution in [1.29, 1.82) is 0 Å². The minimum atomic E-state index is -0.366. The first-order valence-electron chi connectivity index (χ1n) is 8.16. The van der Waals surface area contributed by atoms with Crippen LogP contribution in [0.5, 0.6) is 5.75 Å². The van der Waals surface area contributed by atoms with E-state index >= 15 is 0 Å². The number of para-hydroxylation sites is 1. The van der Waals surface area contributed by atoms with Crippen LogP contribution in [0.15, 0.2) is 39.9 Å². The Labute approximate surface area is 156 Å². The molecule has 2 rings (SSSR count). The molecule has 7 nitrogen and oxygen atoms in total. The van der Waals surface area contributed by atoms with Gasteiger partial charge in [0, 0.05) is 38.2 Å². The van der Waals surface area contributed by atoms with Crippen LogP contribution in [0.1, 0.15) is 11.3 Å². The van der Waals surface area contributed by atoms with Crippen LogP contribution in [0.3, 0.4) is 0 Å². The molecule has 1 heterocycles. The Morgan fingerprint density at radius 1 is 1.19 bits per heavy atom. The van der Waals surface area contributed by atoms with Crippen molar-refractivity contribution in [2.45, 2.75) is 12.2 Å². The maximum absolute atomic E-state index is 12.0. The van der Waals surface area contributed by atoms with Crippen LogP contribution >= 0.6 is 11.8 Å². The molecule has 26 heavy (non-hydrogen) atoms. The molecule has 0 bridgehead atoms. The molecular formula is C18H23N3O4S. The van der Waals surface area contributed by atoms with Gasteiger partial charge >= 0.3 is 5.69 Å². The van der Waals surface area contributed by atoms with Gasteiger partial charge in [0.2, 0.25) is 5.91 Å². The molecule has 2 aromatic rings. The molecule has 0 saturated carbocycles. The first kappa shape index (κ1) is 19.8. The van der Waals surface area contributed by atoms with E-state index < -0.39 is 0 Å². The highest BCUT2D eigenvalue weighted by molar-refractivity contribution is 7.99. The zero-order valence-electron chi connectivity index (χ0n) is 15.2. The number of nitrogens with one attached hydrogen (secondary N) is 1. The lowest BCUT2D eigenvalue weighted by molar-refractivity contribution is -0.118. The van der Waals surface area contributed by atoms with Gasteiger partial charge < -0.3 is 10.1 Å². The van der Waals surface area contributed by atoms with E-state index in [9.17, 15) is 14.4 Å². The Bertz CT molecular complexity index is 889. The van der Waals surface area contributed by atoms with E-state index in [1.165, 1.54) is 29.4 Å². The van der Waals surface area contributed by atoms with Crippen molar-refractivity contribution < 1.29 is 9.53 Å². The molecule has 0 atom stereocenters. The summed E-state index contributed by atoms with van der Waals surface area (Å²) < 4.78 is 7.76. The summed E-state index contributed by atoms with van der Waals surface area (Å²) in [6.07, 6.45) is 0.684. The zero-order chi connectivity index (χ0) is 19.1. The lowest BCUT2D eigenvalue weighted by Crippen LogP contribution is -2.37. The van der Waals surface area contributed by atoms with Crippen LogP contribution in [0.4, 0.5) is 0 Å². The highest BCUT2D eigenvalue weighted by Crippen LogP contribution is 2.17. The average Bonchev–Trinajstić information content (AvgIpc) is 2.64.